The van der Waals surface area contributed by atoms with Crippen molar-refractivity contribution in [3.8, 4) is 16.9 Å². The minimum absolute atomic E-state index is 0.0151. The molecule has 8 heteroatoms. The van der Waals surface area contributed by atoms with Gasteiger partial charge in [0.25, 0.3) is 0 Å². The Bertz CT molecular complexity index is 1160. The fourth-order valence-corrected chi connectivity index (χ4v) is 4.07. The first-order valence-corrected chi connectivity index (χ1v) is 9.30. The number of methoxy groups -OCH3 is 2. The smallest absolute Gasteiger partial charge is 0.204 e. The SMILES string of the molecule is COC[C@@H](C)n1c(Cl)nc2cnc3cc(-c4c(C)noc4C)c(OC)cc3c21. The molecular formula is C20H21ClN4O3. The molecule has 0 bridgehead atoms. The van der Waals surface area contributed by atoms with Crippen LogP contribution in [0.25, 0.3) is 33.1 Å². The van der Waals surface area contributed by atoms with E-state index < -0.39 is 0 Å². The summed E-state index contributed by atoms with van der Waals surface area (Å²) in [5.41, 5.74) is 5.06. The molecule has 0 saturated carbocycles. The zero-order valence-corrected chi connectivity index (χ0v) is 17.2. The van der Waals surface area contributed by atoms with Crippen molar-refractivity contribution in [1.82, 2.24) is 19.7 Å². The van der Waals surface area contributed by atoms with Crippen LogP contribution in [-0.2, 0) is 4.74 Å². The number of imidazole rings is 1. The molecule has 0 aliphatic heterocycles. The van der Waals surface area contributed by atoms with Crippen molar-refractivity contribution in [2.45, 2.75) is 26.8 Å². The highest BCUT2D eigenvalue weighted by Gasteiger charge is 2.21. The van der Waals surface area contributed by atoms with Crippen LogP contribution in [0.4, 0.5) is 0 Å². The van der Waals surface area contributed by atoms with Crippen LogP contribution < -0.4 is 4.74 Å². The fraction of sp³-hybridized carbons (Fsp3) is 0.350. The predicted octanol–water partition coefficient (Wildman–Crippen LogP) is 4.73. The summed E-state index contributed by atoms with van der Waals surface area (Å²) >= 11 is 6.44. The summed E-state index contributed by atoms with van der Waals surface area (Å²) in [6.07, 6.45) is 1.74. The zero-order chi connectivity index (χ0) is 20.0. The van der Waals surface area contributed by atoms with Crippen LogP contribution in [-0.4, -0.2) is 40.5 Å². The lowest BCUT2D eigenvalue weighted by Crippen LogP contribution is -2.11. The molecule has 146 valence electrons. The van der Waals surface area contributed by atoms with Gasteiger partial charge in [-0.3, -0.25) is 4.98 Å². The summed E-state index contributed by atoms with van der Waals surface area (Å²) in [5.74, 6) is 1.44. The van der Waals surface area contributed by atoms with E-state index in [4.69, 9.17) is 25.6 Å². The monoisotopic (exact) mass is 400 g/mol. The first-order chi connectivity index (χ1) is 13.5. The number of hydrogen-bond donors (Lipinski definition) is 0. The van der Waals surface area contributed by atoms with Gasteiger partial charge in [-0.25, -0.2) is 4.98 Å². The third kappa shape index (κ3) is 2.82. The topological polar surface area (TPSA) is 75.2 Å². The van der Waals surface area contributed by atoms with Crippen LogP contribution in [0.1, 0.15) is 24.4 Å². The van der Waals surface area contributed by atoms with Gasteiger partial charge in [0.15, 0.2) is 0 Å². The molecule has 0 aliphatic carbocycles. The van der Waals surface area contributed by atoms with Crippen molar-refractivity contribution in [3.63, 3.8) is 0 Å². The first-order valence-electron chi connectivity index (χ1n) is 8.92. The van der Waals surface area contributed by atoms with E-state index in [-0.39, 0.29) is 6.04 Å². The van der Waals surface area contributed by atoms with Gasteiger partial charge in [0, 0.05) is 18.1 Å². The van der Waals surface area contributed by atoms with E-state index in [1.54, 1.807) is 20.4 Å². The van der Waals surface area contributed by atoms with Gasteiger partial charge >= 0.3 is 0 Å². The van der Waals surface area contributed by atoms with Crippen LogP contribution in [0.5, 0.6) is 5.75 Å². The van der Waals surface area contributed by atoms with Gasteiger partial charge in [-0.1, -0.05) is 5.16 Å². The van der Waals surface area contributed by atoms with Crippen LogP contribution in [0.2, 0.25) is 5.28 Å². The van der Waals surface area contributed by atoms with Gasteiger partial charge in [0.05, 0.1) is 48.2 Å². The van der Waals surface area contributed by atoms with E-state index in [1.807, 2.05) is 37.5 Å². The van der Waals surface area contributed by atoms with Crippen molar-refractivity contribution in [2.24, 2.45) is 0 Å². The van der Waals surface area contributed by atoms with Crippen molar-refractivity contribution < 1.29 is 14.0 Å². The second-order valence-electron chi connectivity index (χ2n) is 6.82. The Morgan fingerprint density at radius 3 is 2.64 bits per heavy atom. The summed E-state index contributed by atoms with van der Waals surface area (Å²) in [6, 6.07) is 3.98. The van der Waals surface area contributed by atoms with E-state index in [0.717, 1.165) is 44.5 Å². The molecule has 0 spiro atoms. The van der Waals surface area contributed by atoms with Gasteiger partial charge in [0.2, 0.25) is 5.28 Å². The maximum Gasteiger partial charge on any atom is 0.204 e. The third-order valence-electron chi connectivity index (χ3n) is 4.95. The number of pyridine rings is 1. The number of rotatable bonds is 5. The molecule has 0 fully saturated rings. The minimum Gasteiger partial charge on any atom is -0.496 e. The number of fused-ring (bicyclic) bond motifs is 3. The average molecular weight is 401 g/mol. The normalized spacial score (nSPS) is 12.8. The highest BCUT2D eigenvalue weighted by Crippen LogP contribution is 2.39. The molecule has 0 aliphatic rings. The Kier molecular flexibility index (Phi) is 4.72. The lowest BCUT2D eigenvalue weighted by Gasteiger charge is -2.16. The van der Waals surface area contributed by atoms with Crippen molar-refractivity contribution in [2.75, 3.05) is 20.8 Å². The molecule has 28 heavy (non-hydrogen) atoms. The van der Waals surface area contributed by atoms with E-state index in [1.165, 1.54) is 0 Å². The quantitative estimate of drug-likeness (QED) is 0.482. The molecule has 3 heterocycles. The van der Waals surface area contributed by atoms with Gasteiger partial charge in [-0.15, -0.1) is 0 Å². The van der Waals surface area contributed by atoms with E-state index in [2.05, 4.69) is 15.1 Å². The fourth-order valence-electron chi connectivity index (χ4n) is 3.72. The van der Waals surface area contributed by atoms with Crippen LogP contribution in [0.3, 0.4) is 0 Å². The maximum atomic E-state index is 6.44. The van der Waals surface area contributed by atoms with E-state index in [9.17, 15) is 0 Å². The Balaban J connectivity index is 2.05. The second kappa shape index (κ2) is 7.07. The number of ether oxygens (including phenoxy) is 2. The summed E-state index contributed by atoms with van der Waals surface area (Å²) in [7, 11) is 3.32. The highest BCUT2D eigenvalue weighted by molar-refractivity contribution is 6.29. The first kappa shape index (κ1) is 18.7. The molecular weight excluding hydrogens is 380 g/mol. The zero-order valence-electron chi connectivity index (χ0n) is 16.4. The molecule has 4 aromatic rings. The number of benzene rings is 1. The predicted molar refractivity (Wildman–Crippen MR) is 108 cm³/mol. The van der Waals surface area contributed by atoms with E-state index in [0.29, 0.717) is 17.6 Å². The Morgan fingerprint density at radius 2 is 2.00 bits per heavy atom. The number of nitrogens with zero attached hydrogens (tertiary/aromatic N) is 4. The van der Waals surface area contributed by atoms with Crippen molar-refractivity contribution in [3.05, 3.63) is 35.1 Å². The van der Waals surface area contributed by atoms with Crippen LogP contribution in [0.15, 0.2) is 22.9 Å². The standard InChI is InChI=1S/C20H21ClN4O3/c1-10(9-26-4)25-19-13-7-17(27-5)14(18-11(2)24-28-12(18)3)6-15(13)22-8-16(19)23-20(25)21/h6-8,10H,9H2,1-5H3/t10-/m1/s1. The molecule has 3 aromatic heterocycles. The van der Waals surface area contributed by atoms with Crippen molar-refractivity contribution in [1.29, 1.82) is 0 Å². The van der Waals surface area contributed by atoms with E-state index >= 15 is 0 Å². The Morgan fingerprint density at radius 1 is 1.21 bits per heavy atom. The lowest BCUT2D eigenvalue weighted by atomic mass is 10.0. The minimum atomic E-state index is 0.0151. The molecule has 0 amide bonds. The van der Waals surface area contributed by atoms with Crippen LogP contribution >= 0.6 is 11.6 Å². The molecule has 0 radical (unpaired) electrons. The molecule has 0 unspecified atom stereocenters. The number of halogens is 1. The number of hydrogen-bond acceptors (Lipinski definition) is 6. The third-order valence-corrected chi connectivity index (χ3v) is 5.21. The van der Waals surface area contributed by atoms with Gasteiger partial charge in [-0.05, 0) is 44.5 Å². The Hall–Kier alpha value is -2.64. The Labute approximate surface area is 167 Å². The summed E-state index contributed by atoms with van der Waals surface area (Å²) < 4.78 is 18.3. The van der Waals surface area contributed by atoms with Crippen LogP contribution in [0, 0.1) is 13.8 Å². The molecule has 0 saturated heterocycles. The molecule has 0 N–H and O–H groups in total. The largest absolute Gasteiger partial charge is 0.496 e. The summed E-state index contributed by atoms with van der Waals surface area (Å²) in [5, 5.41) is 5.38. The molecule has 4 rings (SSSR count). The van der Waals surface area contributed by atoms with Gasteiger partial charge in [0.1, 0.15) is 17.0 Å². The number of aromatic nitrogens is 4. The molecule has 1 aromatic carbocycles. The lowest BCUT2D eigenvalue weighted by molar-refractivity contribution is 0.164. The highest BCUT2D eigenvalue weighted by atomic mass is 35.5. The number of aryl methyl sites for hydroxylation is 2. The summed E-state index contributed by atoms with van der Waals surface area (Å²) in [4.78, 5) is 9.07. The average Bonchev–Trinajstić information content (AvgIpc) is 3.19. The van der Waals surface area contributed by atoms with Gasteiger partial charge < -0.3 is 18.6 Å². The maximum absolute atomic E-state index is 6.44. The molecule has 1 atom stereocenters. The second-order valence-corrected chi connectivity index (χ2v) is 7.15. The van der Waals surface area contributed by atoms with Crippen molar-refractivity contribution >= 4 is 33.5 Å². The molecule has 7 nitrogen and oxygen atoms in total. The summed E-state index contributed by atoms with van der Waals surface area (Å²) in [6.45, 7) is 6.35. The van der Waals surface area contributed by atoms with Gasteiger partial charge in [-0.2, -0.15) is 0 Å².